The van der Waals surface area contributed by atoms with E-state index in [0.29, 0.717) is 26.3 Å². The lowest BCUT2D eigenvalue weighted by Crippen LogP contribution is -2.30. The fraction of sp³-hybridized carbons (Fsp3) is 0.133. The van der Waals surface area contributed by atoms with Gasteiger partial charge in [-0.05, 0) is 43.2 Å². The van der Waals surface area contributed by atoms with Crippen LogP contribution in [0.3, 0.4) is 0 Å². The molecule has 2 aromatic rings. The van der Waals surface area contributed by atoms with Gasteiger partial charge in [0.25, 0.3) is 5.91 Å². The Morgan fingerprint density at radius 3 is 2.29 bits per heavy atom. The Morgan fingerprint density at radius 1 is 1.05 bits per heavy atom. The minimum Gasteiger partial charge on any atom is -0.295 e. The number of nitrogens with one attached hydrogen (secondary N) is 2. The number of halogens is 3. The zero-order chi connectivity index (χ0) is 15.6. The summed E-state index contributed by atoms with van der Waals surface area (Å²) in [5.41, 5.74) is 8.27. The molecule has 0 heterocycles. The molecule has 0 bridgehead atoms. The van der Waals surface area contributed by atoms with Crippen LogP contribution in [0.25, 0.3) is 0 Å². The van der Waals surface area contributed by atoms with E-state index in [1.165, 1.54) is 0 Å². The van der Waals surface area contributed by atoms with E-state index in [2.05, 4.69) is 10.9 Å². The molecule has 0 spiro atoms. The average Bonchev–Trinajstić information content (AvgIpc) is 2.40. The number of rotatable bonds is 3. The molecule has 0 aromatic heterocycles. The van der Waals surface area contributed by atoms with Crippen LogP contribution in [0.1, 0.15) is 21.5 Å². The van der Waals surface area contributed by atoms with E-state index in [0.717, 1.165) is 11.1 Å². The third-order valence-electron chi connectivity index (χ3n) is 3.16. The Morgan fingerprint density at radius 2 is 1.67 bits per heavy atom. The number of carbonyl (C=O) groups excluding carboxylic acids is 1. The van der Waals surface area contributed by atoms with E-state index in [1.54, 1.807) is 18.2 Å². The van der Waals surface area contributed by atoms with Crippen molar-refractivity contribution < 1.29 is 4.79 Å². The van der Waals surface area contributed by atoms with Gasteiger partial charge in [-0.25, -0.2) is 0 Å². The highest BCUT2D eigenvalue weighted by Gasteiger charge is 2.12. The number of benzene rings is 2. The number of hydrogen-bond acceptors (Lipinski definition) is 2. The molecule has 0 atom stereocenters. The number of anilines is 1. The second-order valence-corrected chi connectivity index (χ2v) is 5.82. The minimum atomic E-state index is -0.265. The third-order valence-corrected chi connectivity index (χ3v) is 3.97. The van der Waals surface area contributed by atoms with Gasteiger partial charge in [0.05, 0.1) is 15.7 Å². The van der Waals surface area contributed by atoms with Crippen LogP contribution in [0.15, 0.2) is 30.3 Å². The maximum absolute atomic E-state index is 12.2. The predicted molar refractivity (Wildman–Crippen MR) is 88.5 cm³/mol. The molecule has 2 rings (SSSR count). The van der Waals surface area contributed by atoms with Crippen LogP contribution in [-0.4, -0.2) is 5.91 Å². The predicted octanol–water partition coefficient (Wildman–Crippen LogP) is 5.02. The Hall–Kier alpha value is -1.42. The summed E-state index contributed by atoms with van der Waals surface area (Å²) in [5, 5.41) is 1.08. The van der Waals surface area contributed by atoms with E-state index >= 15 is 0 Å². The average molecular weight is 344 g/mol. The molecule has 110 valence electrons. The number of amides is 1. The summed E-state index contributed by atoms with van der Waals surface area (Å²) in [7, 11) is 0. The van der Waals surface area contributed by atoms with E-state index in [1.807, 2.05) is 26.0 Å². The van der Waals surface area contributed by atoms with Crippen LogP contribution in [0.4, 0.5) is 5.69 Å². The van der Waals surface area contributed by atoms with E-state index in [-0.39, 0.29) is 5.91 Å². The van der Waals surface area contributed by atoms with Crippen LogP contribution in [-0.2, 0) is 0 Å². The van der Waals surface area contributed by atoms with Gasteiger partial charge in [-0.1, -0.05) is 46.9 Å². The Bertz CT molecular complexity index is 678. The summed E-state index contributed by atoms with van der Waals surface area (Å²) in [4.78, 5) is 12.2. The van der Waals surface area contributed by atoms with Crippen molar-refractivity contribution in [3.63, 3.8) is 0 Å². The summed E-state index contributed by atoms with van der Waals surface area (Å²) in [6.45, 7) is 3.85. The molecule has 0 saturated carbocycles. The maximum Gasteiger partial charge on any atom is 0.269 e. The molecule has 3 nitrogen and oxygen atoms in total. The number of aryl methyl sites for hydroxylation is 1. The summed E-state index contributed by atoms with van der Waals surface area (Å²) in [6, 6.07) is 8.62. The molecule has 6 heteroatoms. The Kier molecular flexibility index (Phi) is 4.99. The lowest BCUT2D eigenvalue weighted by atomic mass is 10.0. The molecule has 2 N–H and O–H groups in total. The van der Waals surface area contributed by atoms with Crippen molar-refractivity contribution in [1.29, 1.82) is 0 Å². The molecule has 0 fully saturated rings. The smallest absolute Gasteiger partial charge is 0.269 e. The van der Waals surface area contributed by atoms with Crippen LogP contribution in [0, 0.1) is 13.8 Å². The Labute approximate surface area is 138 Å². The molecule has 0 aliphatic rings. The van der Waals surface area contributed by atoms with Crippen LogP contribution in [0.5, 0.6) is 0 Å². The highest BCUT2D eigenvalue weighted by Crippen LogP contribution is 2.33. The van der Waals surface area contributed by atoms with E-state index in [4.69, 9.17) is 34.8 Å². The number of hydrazine groups is 1. The first-order chi connectivity index (χ1) is 9.90. The van der Waals surface area contributed by atoms with Crippen molar-refractivity contribution in [2.24, 2.45) is 0 Å². The van der Waals surface area contributed by atoms with Gasteiger partial charge in [-0.2, -0.15) is 0 Å². The first kappa shape index (κ1) is 16.0. The molecule has 0 aliphatic carbocycles. The van der Waals surface area contributed by atoms with Gasteiger partial charge in [0, 0.05) is 10.6 Å². The summed E-state index contributed by atoms with van der Waals surface area (Å²) >= 11 is 17.9. The number of carbonyl (C=O) groups is 1. The van der Waals surface area contributed by atoms with Gasteiger partial charge >= 0.3 is 0 Å². The second kappa shape index (κ2) is 6.56. The zero-order valence-corrected chi connectivity index (χ0v) is 13.7. The zero-order valence-electron chi connectivity index (χ0n) is 11.4. The summed E-state index contributed by atoms with van der Waals surface area (Å²) in [5.74, 6) is -0.265. The molecule has 0 saturated heterocycles. The van der Waals surface area contributed by atoms with Crippen LogP contribution in [0.2, 0.25) is 15.1 Å². The fourth-order valence-corrected chi connectivity index (χ4v) is 2.76. The highest BCUT2D eigenvalue weighted by atomic mass is 35.5. The lowest BCUT2D eigenvalue weighted by Gasteiger charge is -2.13. The second-order valence-electron chi connectivity index (χ2n) is 4.57. The van der Waals surface area contributed by atoms with Crippen molar-refractivity contribution in [3.8, 4) is 0 Å². The van der Waals surface area contributed by atoms with Gasteiger partial charge in [0.15, 0.2) is 0 Å². The summed E-state index contributed by atoms with van der Waals surface area (Å²) in [6.07, 6.45) is 0. The number of hydrogen-bond donors (Lipinski definition) is 2. The highest BCUT2D eigenvalue weighted by molar-refractivity contribution is 6.41. The lowest BCUT2D eigenvalue weighted by molar-refractivity contribution is 0.0962. The largest absolute Gasteiger partial charge is 0.295 e. The first-order valence-corrected chi connectivity index (χ1v) is 7.30. The molecule has 2 aromatic carbocycles. The topological polar surface area (TPSA) is 41.1 Å². The van der Waals surface area contributed by atoms with Gasteiger partial charge in [0.1, 0.15) is 0 Å². The van der Waals surface area contributed by atoms with Gasteiger partial charge < -0.3 is 0 Å². The minimum absolute atomic E-state index is 0.265. The van der Waals surface area contributed by atoms with E-state index in [9.17, 15) is 4.79 Å². The van der Waals surface area contributed by atoms with Crippen molar-refractivity contribution in [2.45, 2.75) is 13.8 Å². The molecule has 0 radical (unpaired) electrons. The standard InChI is InChI=1S/C15H13Cl3N2O/c1-8-4-3-5-11(9(8)2)15(21)20-19-14-12(17)6-10(16)7-13(14)18/h3-7,19H,1-2H3,(H,20,21). The molecule has 1 amide bonds. The quantitative estimate of drug-likeness (QED) is 0.768. The fourth-order valence-electron chi connectivity index (χ4n) is 1.85. The van der Waals surface area contributed by atoms with Gasteiger partial charge in [0.2, 0.25) is 0 Å². The SMILES string of the molecule is Cc1cccc(C(=O)NNc2c(Cl)cc(Cl)cc2Cl)c1C. The van der Waals surface area contributed by atoms with Crippen LogP contribution >= 0.6 is 34.8 Å². The molecule has 0 aliphatic heterocycles. The normalized spacial score (nSPS) is 10.3. The monoisotopic (exact) mass is 342 g/mol. The first-order valence-electron chi connectivity index (χ1n) is 6.17. The molecular weight excluding hydrogens is 331 g/mol. The molecule has 21 heavy (non-hydrogen) atoms. The van der Waals surface area contributed by atoms with Crippen molar-refractivity contribution in [1.82, 2.24) is 5.43 Å². The third kappa shape index (κ3) is 3.62. The van der Waals surface area contributed by atoms with Crippen LogP contribution < -0.4 is 10.9 Å². The maximum atomic E-state index is 12.2. The van der Waals surface area contributed by atoms with Crippen molar-refractivity contribution >= 4 is 46.4 Å². The van der Waals surface area contributed by atoms with Gasteiger partial charge in [-0.15, -0.1) is 0 Å². The molecule has 0 unspecified atom stereocenters. The van der Waals surface area contributed by atoms with Gasteiger partial charge in [-0.3, -0.25) is 15.6 Å². The summed E-state index contributed by atoms with van der Waals surface area (Å²) < 4.78 is 0. The van der Waals surface area contributed by atoms with Crippen molar-refractivity contribution in [2.75, 3.05) is 5.43 Å². The Balaban J connectivity index is 2.17. The molecular formula is C15H13Cl3N2O. The van der Waals surface area contributed by atoms with Crippen molar-refractivity contribution in [3.05, 3.63) is 62.1 Å². The van der Waals surface area contributed by atoms with E-state index < -0.39 is 0 Å².